The second-order valence-corrected chi connectivity index (χ2v) is 10.4. The fourth-order valence-corrected chi connectivity index (χ4v) is 6.57. The highest BCUT2D eigenvalue weighted by atomic mass is 32.2. The summed E-state index contributed by atoms with van der Waals surface area (Å²) in [5.74, 6) is 1.61. The Balaban J connectivity index is 1.62. The molecule has 2 aliphatic rings. The molecule has 2 atom stereocenters. The first-order valence-electron chi connectivity index (χ1n) is 10.9. The first-order valence-corrected chi connectivity index (χ1v) is 12.3. The predicted octanol–water partition coefficient (Wildman–Crippen LogP) is 2.96. The first-order chi connectivity index (χ1) is 14.8. The summed E-state index contributed by atoms with van der Waals surface area (Å²) in [5.41, 5.74) is 4.27. The van der Waals surface area contributed by atoms with Gasteiger partial charge in [0.25, 0.3) is 0 Å². The molecule has 0 amide bonds. The van der Waals surface area contributed by atoms with Crippen molar-refractivity contribution >= 4 is 10.0 Å². The van der Waals surface area contributed by atoms with Gasteiger partial charge in [-0.2, -0.15) is 0 Å². The quantitative estimate of drug-likeness (QED) is 0.742. The lowest BCUT2D eigenvalue weighted by atomic mass is 9.87. The van der Waals surface area contributed by atoms with E-state index in [-0.39, 0.29) is 6.04 Å². The van der Waals surface area contributed by atoms with Crippen LogP contribution in [-0.4, -0.2) is 53.7 Å². The van der Waals surface area contributed by atoms with Crippen LogP contribution in [0.5, 0.6) is 11.5 Å². The Bertz CT molecular complexity index is 1050. The van der Waals surface area contributed by atoms with Crippen LogP contribution in [0.1, 0.15) is 35.1 Å². The molecule has 0 spiro atoms. The summed E-state index contributed by atoms with van der Waals surface area (Å²) in [5, 5.41) is 0. The molecule has 2 aromatic rings. The minimum absolute atomic E-state index is 0.148. The molecule has 0 aliphatic heterocycles. The highest BCUT2D eigenvalue weighted by Gasteiger charge is 2.32. The van der Waals surface area contributed by atoms with Crippen LogP contribution < -0.4 is 14.2 Å². The molecule has 0 fully saturated rings. The standard InChI is InChI=1S/C24H32N2O4S/c1-26(2)18-10-11-19-21(15-18)23(30-4)12-13-24(19)31(27,28)25-17-9-8-16-6-5-7-22(29-3)20(16)14-17/h5-7,12-13,17-18,25H,8-11,14-15H2,1-4H3/t17-,18-/m0/s1. The van der Waals surface area contributed by atoms with Crippen molar-refractivity contribution in [3.8, 4) is 11.5 Å². The second-order valence-electron chi connectivity index (χ2n) is 8.74. The van der Waals surface area contributed by atoms with Gasteiger partial charge in [-0.15, -0.1) is 0 Å². The van der Waals surface area contributed by atoms with E-state index in [1.807, 2.05) is 12.1 Å². The van der Waals surface area contributed by atoms with Gasteiger partial charge >= 0.3 is 0 Å². The molecule has 7 heteroatoms. The number of aryl methyl sites for hydroxylation is 1. The number of nitrogens with one attached hydrogen (secondary N) is 1. The van der Waals surface area contributed by atoms with Crippen molar-refractivity contribution in [2.24, 2.45) is 0 Å². The van der Waals surface area contributed by atoms with Gasteiger partial charge in [-0.1, -0.05) is 12.1 Å². The van der Waals surface area contributed by atoms with Crippen molar-refractivity contribution < 1.29 is 17.9 Å². The number of hydrogen-bond donors (Lipinski definition) is 1. The summed E-state index contributed by atoms with van der Waals surface area (Å²) in [4.78, 5) is 2.60. The third-order valence-corrected chi connectivity index (χ3v) is 8.34. The normalized spacial score (nSPS) is 20.8. The number of methoxy groups -OCH3 is 2. The van der Waals surface area contributed by atoms with E-state index in [1.54, 1.807) is 26.4 Å². The van der Waals surface area contributed by atoms with Gasteiger partial charge < -0.3 is 14.4 Å². The zero-order valence-corrected chi connectivity index (χ0v) is 19.6. The Morgan fingerprint density at radius 2 is 1.65 bits per heavy atom. The molecule has 0 heterocycles. The summed E-state index contributed by atoms with van der Waals surface area (Å²) in [6.45, 7) is 0. The molecule has 4 rings (SSSR count). The number of fused-ring (bicyclic) bond motifs is 2. The first kappa shape index (κ1) is 22.1. The van der Waals surface area contributed by atoms with Crippen molar-refractivity contribution in [2.45, 2.75) is 55.5 Å². The van der Waals surface area contributed by atoms with E-state index in [9.17, 15) is 8.42 Å². The van der Waals surface area contributed by atoms with Gasteiger partial charge in [0, 0.05) is 17.6 Å². The van der Waals surface area contributed by atoms with Crippen molar-refractivity contribution in [1.82, 2.24) is 9.62 Å². The van der Waals surface area contributed by atoms with Gasteiger partial charge in [0.05, 0.1) is 19.1 Å². The summed E-state index contributed by atoms with van der Waals surface area (Å²) in [6, 6.07) is 9.77. The van der Waals surface area contributed by atoms with Crippen LogP contribution in [0.15, 0.2) is 35.2 Å². The van der Waals surface area contributed by atoms with Gasteiger partial charge in [-0.05, 0) is 87.5 Å². The molecular weight excluding hydrogens is 412 g/mol. The van der Waals surface area contributed by atoms with Crippen LogP contribution in [0.2, 0.25) is 0 Å². The summed E-state index contributed by atoms with van der Waals surface area (Å²) < 4.78 is 41.0. The fourth-order valence-electron chi connectivity index (χ4n) is 5.01. The zero-order valence-electron chi connectivity index (χ0n) is 18.8. The number of rotatable bonds is 6. The van der Waals surface area contributed by atoms with E-state index in [0.29, 0.717) is 17.4 Å². The smallest absolute Gasteiger partial charge is 0.241 e. The largest absolute Gasteiger partial charge is 0.496 e. The van der Waals surface area contributed by atoms with E-state index in [1.165, 1.54) is 5.56 Å². The minimum atomic E-state index is -3.65. The van der Waals surface area contributed by atoms with Gasteiger partial charge in [0.15, 0.2) is 0 Å². The van der Waals surface area contributed by atoms with E-state index in [4.69, 9.17) is 9.47 Å². The third-order valence-electron chi connectivity index (χ3n) is 6.74. The Morgan fingerprint density at radius 1 is 0.903 bits per heavy atom. The van der Waals surface area contributed by atoms with Crippen LogP contribution in [0, 0.1) is 0 Å². The topological polar surface area (TPSA) is 67.9 Å². The van der Waals surface area contributed by atoms with Crippen molar-refractivity contribution in [1.29, 1.82) is 0 Å². The van der Waals surface area contributed by atoms with Gasteiger partial charge in [-0.25, -0.2) is 13.1 Å². The van der Waals surface area contributed by atoms with Crippen molar-refractivity contribution in [3.63, 3.8) is 0 Å². The Morgan fingerprint density at radius 3 is 2.35 bits per heavy atom. The summed E-state index contributed by atoms with van der Waals surface area (Å²) in [7, 11) is 3.80. The molecule has 0 radical (unpaired) electrons. The molecule has 168 valence electrons. The molecular formula is C24H32N2O4S. The number of hydrogen-bond acceptors (Lipinski definition) is 5. The molecule has 0 unspecified atom stereocenters. The highest BCUT2D eigenvalue weighted by molar-refractivity contribution is 7.89. The molecule has 0 saturated heterocycles. The predicted molar refractivity (Wildman–Crippen MR) is 122 cm³/mol. The molecule has 0 aromatic heterocycles. The zero-order chi connectivity index (χ0) is 22.2. The lowest BCUT2D eigenvalue weighted by molar-refractivity contribution is 0.263. The van der Waals surface area contributed by atoms with E-state index < -0.39 is 10.0 Å². The van der Waals surface area contributed by atoms with Crippen LogP contribution in [0.4, 0.5) is 0 Å². The number of sulfonamides is 1. The monoisotopic (exact) mass is 444 g/mol. The van der Waals surface area contributed by atoms with Crippen molar-refractivity contribution in [3.05, 3.63) is 52.6 Å². The lowest BCUT2D eigenvalue weighted by Gasteiger charge is -2.32. The Labute approximate surface area is 185 Å². The average molecular weight is 445 g/mol. The van der Waals surface area contributed by atoms with E-state index in [0.717, 1.165) is 60.3 Å². The third kappa shape index (κ3) is 4.31. The molecule has 0 saturated carbocycles. The SMILES string of the molecule is COc1cccc2c1C[C@@H](NS(=O)(=O)c1ccc(OC)c3c1CC[C@H](N(C)C)C3)CC2. The molecule has 2 aliphatic carbocycles. The maximum absolute atomic E-state index is 13.5. The van der Waals surface area contributed by atoms with Crippen LogP contribution in [0.3, 0.4) is 0 Å². The van der Waals surface area contributed by atoms with Crippen LogP contribution in [0.25, 0.3) is 0 Å². The second kappa shape index (κ2) is 8.81. The number of ether oxygens (including phenoxy) is 2. The Kier molecular flexibility index (Phi) is 6.28. The van der Waals surface area contributed by atoms with E-state index in [2.05, 4.69) is 29.8 Å². The molecule has 6 nitrogen and oxygen atoms in total. The van der Waals surface area contributed by atoms with Gasteiger partial charge in [0.1, 0.15) is 11.5 Å². The number of nitrogens with zero attached hydrogens (tertiary/aromatic N) is 1. The molecule has 0 bridgehead atoms. The van der Waals surface area contributed by atoms with E-state index >= 15 is 0 Å². The number of benzene rings is 2. The lowest BCUT2D eigenvalue weighted by Crippen LogP contribution is -2.40. The number of likely N-dealkylation sites (N-methyl/N-ethyl adjacent to an activating group) is 1. The summed E-state index contributed by atoms with van der Waals surface area (Å²) in [6.07, 6.45) is 4.71. The van der Waals surface area contributed by atoms with Gasteiger partial charge in [-0.3, -0.25) is 0 Å². The van der Waals surface area contributed by atoms with Crippen molar-refractivity contribution in [2.75, 3.05) is 28.3 Å². The maximum atomic E-state index is 13.5. The Hall–Kier alpha value is -2.09. The molecule has 2 aromatic carbocycles. The van der Waals surface area contributed by atoms with Gasteiger partial charge in [0.2, 0.25) is 10.0 Å². The average Bonchev–Trinajstić information content (AvgIpc) is 2.77. The van der Waals surface area contributed by atoms with Crippen LogP contribution >= 0.6 is 0 Å². The minimum Gasteiger partial charge on any atom is -0.496 e. The highest BCUT2D eigenvalue weighted by Crippen LogP contribution is 2.36. The fraction of sp³-hybridized carbons (Fsp3) is 0.500. The molecule has 31 heavy (non-hydrogen) atoms. The van der Waals surface area contributed by atoms with Crippen LogP contribution in [-0.2, 0) is 35.7 Å². The molecule has 1 N–H and O–H groups in total. The maximum Gasteiger partial charge on any atom is 0.241 e. The summed E-state index contributed by atoms with van der Waals surface area (Å²) >= 11 is 0.